The van der Waals surface area contributed by atoms with Crippen LogP contribution in [0.4, 0.5) is 0 Å². The van der Waals surface area contributed by atoms with Gasteiger partial charge in [0.1, 0.15) is 18.4 Å². The van der Waals surface area contributed by atoms with Crippen molar-refractivity contribution in [3.8, 4) is 0 Å². The molecule has 0 aromatic carbocycles. The summed E-state index contributed by atoms with van der Waals surface area (Å²) in [6.45, 7) is 1.08. The lowest BCUT2D eigenvalue weighted by Crippen LogP contribution is -2.50. The number of likely N-dealkylation sites (N-methyl/N-ethyl adjacent to an activating group) is 1. The minimum Gasteiger partial charge on any atom is -0.357 e. The lowest BCUT2D eigenvalue weighted by Gasteiger charge is -2.15. The molecule has 0 saturated heterocycles. The number of hydrogen-bond acceptors (Lipinski definition) is 5. The molecule has 9 nitrogen and oxygen atoms in total. The van der Waals surface area contributed by atoms with Crippen LogP contribution in [0.5, 0.6) is 0 Å². The predicted molar refractivity (Wildman–Crippen MR) is 68.3 cm³/mol. The van der Waals surface area contributed by atoms with Crippen LogP contribution in [0.3, 0.4) is 0 Å². The van der Waals surface area contributed by atoms with E-state index >= 15 is 0 Å². The molecule has 0 rings (SSSR count). The van der Waals surface area contributed by atoms with E-state index in [1.807, 2.05) is 0 Å². The highest BCUT2D eigenvalue weighted by atomic mass is 16.2. The first kappa shape index (κ1) is 17.6. The molecule has 0 aliphatic heterocycles. The van der Waals surface area contributed by atoms with Crippen molar-refractivity contribution in [1.29, 1.82) is 0 Å². The Hall–Kier alpha value is -2.45. The van der Waals surface area contributed by atoms with E-state index in [9.17, 15) is 24.0 Å². The van der Waals surface area contributed by atoms with Gasteiger partial charge in [0.05, 0.1) is 6.54 Å². The lowest BCUT2D eigenvalue weighted by molar-refractivity contribution is -0.131. The van der Waals surface area contributed by atoms with Gasteiger partial charge in [-0.25, -0.2) is 0 Å². The van der Waals surface area contributed by atoms with E-state index in [4.69, 9.17) is 0 Å². The first-order valence-corrected chi connectivity index (χ1v) is 5.88. The highest BCUT2D eigenvalue weighted by Gasteiger charge is 2.19. The van der Waals surface area contributed by atoms with Crippen LogP contribution >= 0.6 is 0 Å². The Morgan fingerprint density at radius 2 is 1.80 bits per heavy atom. The third-order valence-corrected chi connectivity index (χ3v) is 2.36. The Balaban J connectivity index is 4.26. The van der Waals surface area contributed by atoms with Gasteiger partial charge < -0.3 is 26.1 Å². The van der Waals surface area contributed by atoms with Crippen molar-refractivity contribution < 1.29 is 24.0 Å². The van der Waals surface area contributed by atoms with Crippen LogP contribution in [-0.4, -0.2) is 56.1 Å². The molecule has 0 aromatic heterocycles. The second kappa shape index (κ2) is 9.48. The van der Waals surface area contributed by atoms with E-state index in [0.29, 0.717) is 12.7 Å². The molecule has 2 atom stereocenters. The first-order chi connectivity index (χ1) is 9.46. The summed E-state index contributed by atoms with van der Waals surface area (Å²) in [5.74, 6) is -1.67. The van der Waals surface area contributed by atoms with Crippen molar-refractivity contribution >= 4 is 30.4 Å². The molecular formula is C11H18N4O5. The highest BCUT2D eigenvalue weighted by Crippen LogP contribution is 1.89. The van der Waals surface area contributed by atoms with E-state index in [-0.39, 0.29) is 13.0 Å². The topological polar surface area (TPSA) is 133 Å². The third-order valence-electron chi connectivity index (χ3n) is 2.36. The number of hydrogen-bond donors (Lipinski definition) is 4. The van der Waals surface area contributed by atoms with Gasteiger partial charge in [0.15, 0.2) is 0 Å². The van der Waals surface area contributed by atoms with E-state index < -0.39 is 29.8 Å². The summed E-state index contributed by atoms with van der Waals surface area (Å²) in [6.07, 6.45) is 0.716. The molecule has 2 unspecified atom stereocenters. The molecule has 4 amide bonds. The monoisotopic (exact) mass is 286 g/mol. The third kappa shape index (κ3) is 6.47. The number of rotatable bonds is 9. The Labute approximate surface area is 115 Å². The van der Waals surface area contributed by atoms with Gasteiger partial charge >= 0.3 is 0 Å². The Morgan fingerprint density at radius 3 is 2.30 bits per heavy atom. The van der Waals surface area contributed by atoms with Crippen LogP contribution in [0.25, 0.3) is 0 Å². The van der Waals surface area contributed by atoms with Crippen LogP contribution in [0, 0.1) is 0 Å². The lowest BCUT2D eigenvalue weighted by atomic mass is 10.2. The first-order valence-electron chi connectivity index (χ1n) is 5.88. The highest BCUT2D eigenvalue weighted by molar-refractivity contribution is 5.92. The maximum atomic E-state index is 11.5. The molecule has 4 N–H and O–H groups in total. The Kier molecular flexibility index (Phi) is 8.32. The number of carbonyl (C=O) groups excluding carboxylic acids is 5. The van der Waals surface area contributed by atoms with Crippen LogP contribution in [0.1, 0.15) is 13.3 Å². The van der Waals surface area contributed by atoms with Crippen molar-refractivity contribution in [2.24, 2.45) is 0 Å². The van der Waals surface area contributed by atoms with Gasteiger partial charge in [0, 0.05) is 13.5 Å². The standard InChI is InChI=1S/C11H18N4O5/c1-7(14-6-17)10(19)13-5-9(18)15-8(3-4-16)11(20)12-2/h4,6-8H,3,5H2,1-2H3,(H,12,20)(H,13,19)(H,14,17)(H,15,18). The summed E-state index contributed by atoms with van der Waals surface area (Å²) < 4.78 is 0. The molecular weight excluding hydrogens is 268 g/mol. The van der Waals surface area contributed by atoms with Gasteiger partial charge in [-0.05, 0) is 6.92 Å². The largest absolute Gasteiger partial charge is 0.357 e. The maximum Gasteiger partial charge on any atom is 0.242 e. The van der Waals surface area contributed by atoms with E-state index in [1.54, 1.807) is 0 Å². The molecule has 0 radical (unpaired) electrons. The van der Waals surface area contributed by atoms with Crippen LogP contribution in [0.2, 0.25) is 0 Å². The summed E-state index contributed by atoms with van der Waals surface area (Å²) in [4.78, 5) is 54.8. The van der Waals surface area contributed by atoms with E-state index in [1.165, 1.54) is 14.0 Å². The summed E-state index contributed by atoms with van der Waals surface area (Å²) >= 11 is 0. The van der Waals surface area contributed by atoms with Gasteiger partial charge in [-0.3, -0.25) is 19.2 Å². The average molecular weight is 286 g/mol. The number of carbonyl (C=O) groups is 5. The molecule has 0 heterocycles. The van der Waals surface area contributed by atoms with Gasteiger partial charge in [0.25, 0.3) is 0 Å². The minimum absolute atomic E-state index is 0.164. The van der Waals surface area contributed by atoms with E-state index in [2.05, 4.69) is 21.3 Å². The summed E-state index contributed by atoms with van der Waals surface area (Å²) in [5, 5.41) is 9.12. The zero-order chi connectivity index (χ0) is 15.5. The summed E-state index contributed by atoms with van der Waals surface area (Å²) in [5.41, 5.74) is 0. The van der Waals surface area contributed by atoms with Crippen LogP contribution in [-0.2, 0) is 24.0 Å². The predicted octanol–water partition coefficient (Wildman–Crippen LogP) is -2.94. The fraction of sp³-hybridized carbons (Fsp3) is 0.545. The van der Waals surface area contributed by atoms with Gasteiger partial charge in [0.2, 0.25) is 24.1 Å². The normalized spacial score (nSPS) is 12.5. The zero-order valence-corrected chi connectivity index (χ0v) is 11.3. The number of nitrogens with one attached hydrogen (secondary N) is 4. The second-order valence-corrected chi connectivity index (χ2v) is 3.86. The number of amides is 4. The summed E-state index contributed by atoms with van der Waals surface area (Å²) in [7, 11) is 1.38. The zero-order valence-electron chi connectivity index (χ0n) is 11.3. The maximum absolute atomic E-state index is 11.5. The van der Waals surface area contributed by atoms with Crippen molar-refractivity contribution in [1.82, 2.24) is 21.3 Å². The van der Waals surface area contributed by atoms with Crippen LogP contribution < -0.4 is 21.3 Å². The van der Waals surface area contributed by atoms with Crippen molar-refractivity contribution in [2.75, 3.05) is 13.6 Å². The molecule has 0 fully saturated rings. The second-order valence-electron chi connectivity index (χ2n) is 3.86. The Morgan fingerprint density at radius 1 is 1.15 bits per heavy atom. The van der Waals surface area contributed by atoms with Crippen molar-refractivity contribution in [3.63, 3.8) is 0 Å². The molecule has 0 aliphatic carbocycles. The van der Waals surface area contributed by atoms with Gasteiger partial charge in [-0.2, -0.15) is 0 Å². The number of aldehydes is 1. The quantitative estimate of drug-likeness (QED) is 0.336. The fourth-order valence-electron chi connectivity index (χ4n) is 1.25. The van der Waals surface area contributed by atoms with E-state index in [0.717, 1.165) is 0 Å². The average Bonchev–Trinajstić information content (AvgIpc) is 2.43. The molecule has 9 heteroatoms. The fourth-order valence-corrected chi connectivity index (χ4v) is 1.25. The SMILES string of the molecule is CNC(=O)C(CC=O)NC(=O)CNC(=O)C(C)NC=O. The minimum atomic E-state index is -0.979. The smallest absolute Gasteiger partial charge is 0.242 e. The van der Waals surface area contributed by atoms with Crippen molar-refractivity contribution in [3.05, 3.63) is 0 Å². The summed E-state index contributed by atoms with van der Waals surface area (Å²) in [6, 6.07) is -1.75. The molecule has 0 aromatic rings. The van der Waals surface area contributed by atoms with Gasteiger partial charge in [-0.1, -0.05) is 0 Å². The molecule has 20 heavy (non-hydrogen) atoms. The van der Waals surface area contributed by atoms with Crippen LogP contribution in [0.15, 0.2) is 0 Å². The van der Waals surface area contributed by atoms with Gasteiger partial charge in [-0.15, -0.1) is 0 Å². The molecule has 0 spiro atoms. The van der Waals surface area contributed by atoms with Crippen molar-refractivity contribution in [2.45, 2.75) is 25.4 Å². The molecule has 0 aliphatic rings. The molecule has 0 saturated carbocycles. The molecule has 112 valence electrons. The molecule has 0 bridgehead atoms. The Bertz CT molecular complexity index is 385.